The zero-order valence-electron chi connectivity index (χ0n) is 7.77. The molecule has 3 N–H and O–H groups in total. The van der Waals surface area contributed by atoms with Crippen molar-refractivity contribution in [3.8, 4) is 11.5 Å². The van der Waals surface area contributed by atoms with Crippen LogP contribution >= 0.6 is 0 Å². The molecule has 0 aliphatic rings. The molecule has 0 aromatic carbocycles. The number of H-pyrrole nitrogens is 1. The summed E-state index contributed by atoms with van der Waals surface area (Å²) in [5.41, 5.74) is 7.71. The molecular weight excluding hydrogens is 192 g/mol. The van der Waals surface area contributed by atoms with Crippen molar-refractivity contribution in [2.45, 2.75) is 0 Å². The second kappa shape index (κ2) is 2.84. The average Bonchev–Trinajstić information content (AvgIpc) is 2.83. The van der Waals surface area contributed by atoms with Gasteiger partial charge in [-0.1, -0.05) is 0 Å². The predicted molar refractivity (Wildman–Crippen MR) is 56.0 cm³/mol. The lowest BCUT2D eigenvalue weighted by Crippen LogP contribution is -1.85. The normalized spacial score (nSPS) is 10.9. The van der Waals surface area contributed by atoms with Crippen molar-refractivity contribution in [1.29, 1.82) is 0 Å². The SMILES string of the molecule is Nc1cnc2[nH]nc(-c3ccco3)c2c1. The Labute approximate surface area is 84.9 Å². The lowest BCUT2D eigenvalue weighted by atomic mass is 10.2. The Hall–Kier alpha value is -2.30. The van der Waals surface area contributed by atoms with Crippen molar-refractivity contribution in [1.82, 2.24) is 15.2 Å². The molecule has 3 aromatic rings. The smallest absolute Gasteiger partial charge is 0.156 e. The number of hydrogen-bond donors (Lipinski definition) is 2. The molecule has 0 bridgehead atoms. The highest BCUT2D eigenvalue weighted by Gasteiger charge is 2.10. The molecule has 5 heteroatoms. The zero-order valence-corrected chi connectivity index (χ0v) is 7.77. The summed E-state index contributed by atoms with van der Waals surface area (Å²) in [6.07, 6.45) is 3.20. The number of aromatic nitrogens is 3. The van der Waals surface area contributed by atoms with Crippen LogP contribution in [0.15, 0.2) is 35.1 Å². The number of nitrogens with one attached hydrogen (secondary N) is 1. The second-order valence-corrected chi connectivity index (χ2v) is 3.21. The van der Waals surface area contributed by atoms with Gasteiger partial charge in [-0.15, -0.1) is 0 Å². The molecule has 3 aromatic heterocycles. The lowest BCUT2D eigenvalue weighted by molar-refractivity contribution is 0.580. The van der Waals surface area contributed by atoms with Crippen molar-refractivity contribution in [2.75, 3.05) is 5.73 Å². The number of anilines is 1. The number of fused-ring (bicyclic) bond motifs is 1. The molecule has 0 spiro atoms. The molecule has 0 amide bonds. The van der Waals surface area contributed by atoms with Gasteiger partial charge in [-0.05, 0) is 18.2 Å². The summed E-state index contributed by atoms with van der Waals surface area (Å²) in [6, 6.07) is 5.48. The summed E-state index contributed by atoms with van der Waals surface area (Å²) in [5.74, 6) is 0.702. The van der Waals surface area contributed by atoms with Crippen molar-refractivity contribution in [2.24, 2.45) is 0 Å². The standard InChI is InChI=1S/C10H8N4O/c11-6-4-7-9(8-2-1-3-15-8)13-14-10(7)12-5-6/h1-5H,11H2,(H,12,13,14). The van der Waals surface area contributed by atoms with Crippen LogP contribution in [0.2, 0.25) is 0 Å². The molecule has 15 heavy (non-hydrogen) atoms. The molecule has 0 atom stereocenters. The Morgan fingerprint density at radius 2 is 2.33 bits per heavy atom. The number of nitrogen functional groups attached to an aromatic ring is 1. The monoisotopic (exact) mass is 200 g/mol. The first kappa shape index (κ1) is 8.05. The molecule has 0 radical (unpaired) electrons. The Kier molecular flexibility index (Phi) is 1.53. The van der Waals surface area contributed by atoms with Gasteiger partial charge in [0.25, 0.3) is 0 Å². The molecule has 5 nitrogen and oxygen atoms in total. The van der Waals surface area contributed by atoms with E-state index in [0.29, 0.717) is 17.1 Å². The van der Waals surface area contributed by atoms with Gasteiger partial charge < -0.3 is 10.2 Å². The summed E-state index contributed by atoms with van der Waals surface area (Å²) < 4.78 is 5.27. The summed E-state index contributed by atoms with van der Waals surface area (Å²) in [5, 5.41) is 7.83. The van der Waals surface area contributed by atoms with Crippen LogP contribution in [0.4, 0.5) is 5.69 Å². The van der Waals surface area contributed by atoms with Gasteiger partial charge in [-0.2, -0.15) is 5.10 Å². The maximum absolute atomic E-state index is 5.67. The van der Waals surface area contributed by atoms with Gasteiger partial charge in [0, 0.05) is 0 Å². The average molecular weight is 200 g/mol. The minimum Gasteiger partial charge on any atom is -0.463 e. The third-order valence-electron chi connectivity index (χ3n) is 2.19. The van der Waals surface area contributed by atoms with Gasteiger partial charge in [-0.3, -0.25) is 5.10 Å². The number of hydrogen-bond acceptors (Lipinski definition) is 4. The molecule has 0 saturated heterocycles. The van der Waals surface area contributed by atoms with E-state index in [1.807, 2.05) is 18.2 Å². The van der Waals surface area contributed by atoms with Gasteiger partial charge in [0.2, 0.25) is 0 Å². The molecule has 0 aliphatic heterocycles. The first-order valence-electron chi connectivity index (χ1n) is 4.48. The minimum absolute atomic E-state index is 0.608. The molecule has 74 valence electrons. The fraction of sp³-hybridized carbons (Fsp3) is 0. The minimum atomic E-state index is 0.608. The van der Waals surface area contributed by atoms with Crippen LogP contribution < -0.4 is 5.73 Å². The number of furan rings is 1. The number of aromatic amines is 1. The zero-order chi connectivity index (χ0) is 10.3. The largest absolute Gasteiger partial charge is 0.463 e. The van der Waals surface area contributed by atoms with E-state index in [1.54, 1.807) is 12.5 Å². The van der Waals surface area contributed by atoms with Gasteiger partial charge >= 0.3 is 0 Å². The van der Waals surface area contributed by atoms with Crippen LogP contribution in [0.5, 0.6) is 0 Å². The third-order valence-corrected chi connectivity index (χ3v) is 2.19. The fourth-order valence-corrected chi connectivity index (χ4v) is 1.52. The van der Waals surface area contributed by atoms with Gasteiger partial charge in [0.1, 0.15) is 5.69 Å². The molecule has 3 rings (SSSR count). The van der Waals surface area contributed by atoms with Crippen molar-refractivity contribution in [3.63, 3.8) is 0 Å². The van der Waals surface area contributed by atoms with Crippen LogP contribution in [-0.2, 0) is 0 Å². The van der Waals surface area contributed by atoms with E-state index < -0.39 is 0 Å². The van der Waals surface area contributed by atoms with Gasteiger partial charge in [-0.25, -0.2) is 4.98 Å². The van der Waals surface area contributed by atoms with Crippen molar-refractivity contribution in [3.05, 3.63) is 30.7 Å². The molecule has 0 unspecified atom stereocenters. The molecule has 3 heterocycles. The number of pyridine rings is 1. The number of rotatable bonds is 1. The third kappa shape index (κ3) is 1.17. The van der Waals surface area contributed by atoms with E-state index in [9.17, 15) is 0 Å². The Balaban J connectivity index is 2.32. The van der Waals surface area contributed by atoms with Crippen molar-refractivity contribution < 1.29 is 4.42 Å². The van der Waals surface area contributed by atoms with Crippen molar-refractivity contribution >= 4 is 16.7 Å². The Bertz CT molecular complexity index is 597. The van der Waals surface area contributed by atoms with Gasteiger partial charge in [0.05, 0.1) is 23.5 Å². The lowest BCUT2D eigenvalue weighted by Gasteiger charge is -1.93. The highest BCUT2D eigenvalue weighted by atomic mass is 16.3. The van der Waals surface area contributed by atoms with E-state index in [2.05, 4.69) is 15.2 Å². The molecule has 0 aliphatic carbocycles. The summed E-state index contributed by atoms with van der Waals surface area (Å²) in [4.78, 5) is 4.13. The highest BCUT2D eigenvalue weighted by Crippen LogP contribution is 2.26. The molecule has 0 fully saturated rings. The quantitative estimate of drug-likeness (QED) is 0.627. The van der Waals surface area contributed by atoms with Crippen LogP contribution in [0, 0.1) is 0 Å². The fourth-order valence-electron chi connectivity index (χ4n) is 1.52. The Morgan fingerprint density at radius 1 is 1.40 bits per heavy atom. The number of nitrogens with zero attached hydrogens (tertiary/aromatic N) is 2. The van der Waals surface area contributed by atoms with E-state index in [0.717, 1.165) is 11.1 Å². The summed E-state index contributed by atoms with van der Waals surface area (Å²) in [6.45, 7) is 0. The maximum atomic E-state index is 5.67. The van der Waals surface area contributed by atoms with Crippen LogP contribution in [-0.4, -0.2) is 15.2 Å². The van der Waals surface area contributed by atoms with Crippen LogP contribution in [0.25, 0.3) is 22.5 Å². The number of nitrogens with two attached hydrogens (primary N) is 1. The first-order valence-corrected chi connectivity index (χ1v) is 4.48. The summed E-state index contributed by atoms with van der Waals surface area (Å²) in [7, 11) is 0. The summed E-state index contributed by atoms with van der Waals surface area (Å²) >= 11 is 0. The highest BCUT2D eigenvalue weighted by molar-refractivity contribution is 5.90. The predicted octanol–water partition coefficient (Wildman–Crippen LogP) is 1.80. The van der Waals surface area contributed by atoms with Gasteiger partial charge in [0.15, 0.2) is 11.4 Å². The molecular formula is C10H8N4O. The maximum Gasteiger partial charge on any atom is 0.156 e. The van der Waals surface area contributed by atoms with E-state index in [-0.39, 0.29) is 0 Å². The van der Waals surface area contributed by atoms with E-state index >= 15 is 0 Å². The first-order chi connectivity index (χ1) is 7.34. The molecule has 0 saturated carbocycles. The van der Waals surface area contributed by atoms with Crippen LogP contribution in [0.1, 0.15) is 0 Å². The second-order valence-electron chi connectivity index (χ2n) is 3.21. The van der Waals surface area contributed by atoms with E-state index in [1.165, 1.54) is 0 Å². The van der Waals surface area contributed by atoms with E-state index in [4.69, 9.17) is 10.2 Å². The Morgan fingerprint density at radius 3 is 3.13 bits per heavy atom. The topological polar surface area (TPSA) is 80.7 Å². The van der Waals surface area contributed by atoms with Crippen LogP contribution in [0.3, 0.4) is 0 Å².